The van der Waals surface area contributed by atoms with Crippen LogP contribution < -0.4 is 11.2 Å². The molecule has 3 N–H and O–H groups in total. The normalized spacial score (nSPS) is 30.7. The van der Waals surface area contributed by atoms with Gasteiger partial charge in [0, 0.05) is 23.6 Å². The first-order chi connectivity index (χ1) is 8.91. The standard InChI is InChI=1S/C12H18N2O5/c1-7-3-9(17)13-11(18)14(7)10-4-12(2,6-16)8(5-15)19-10/h3,8,10,15-16H,4-6H2,1-2H3,(H,13,17,18)/t8-,10-,12?/m1/s1. The Kier molecular flexibility index (Phi) is 3.62. The number of nitrogens with zero attached hydrogens (tertiary/aromatic N) is 1. The average molecular weight is 270 g/mol. The summed E-state index contributed by atoms with van der Waals surface area (Å²) >= 11 is 0. The topological polar surface area (TPSA) is 105 Å². The molecule has 1 aromatic rings. The third kappa shape index (κ3) is 2.36. The number of hydrogen-bond donors (Lipinski definition) is 3. The molecular weight excluding hydrogens is 252 g/mol. The summed E-state index contributed by atoms with van der Waals surface area (Å²) in [6.45, 7) is 3.05. The first-order valence-corrected chi connectivity index (χ1v) is 6.11. The van der Waals surface area contributed by atoms with Crippen molar-refractivity contribution >= 4 is 0 Å². The molecule has 106 valence electrons. The Labute approximate surface area is 109 Å². The van der Waals surface area contributed by atoms with Crippen LogP contribution in [0.3, 0.4) is 0 Å². The minimum atomic E-state index is -0.610. The maximum atomic E-state index is 11.8. The van der Waals surface area contributed by atoms with E-state index >= 15 is 0 Å². The van der Waals surface area contributed by atoms with Gasteiger partial charge in [-0.15, -0.1) is 0 Å². The summed E-state index contributed by atoms with van der Waals surface area (Å²) in [6, 6.07) is 1.31. The van der Waals surface area contributed by atoms with Crippen molar-refractivity contribution in [3.63, 3.8) is 0 Å². The van der Waals surface area contributed by atoms with Crippen LogP contribution in [0.2, 0.25) is 0 Å². The number of aliphatic hydroxyl groups is 2. The highest BCUT2D eigenvalue weighted by Gasteiger charge is 2.45. The van der Waals surface area contributed by atoms with Gasteiger partial charge < -0.3 is 14.9 Å². The average Bonchev–Trinajstić information content (AvgIpc) is 2.66. The van der Waals surface area contributed by atoms with Crippen molar-refractivity contribution in [2.24, 2.45) is 5.41 Å². The molecule has 0 aromatic carbocycles. The molecular formula is C12H18N2O5. The maximum absolute atomic E-state index is 11.8. The van der Waals surface area contributed by atoms with Crippen LogP contribution in [0, 0.1) is 12.3 Å². The predicted octanol–water partition coefficient (Wildman–Crippen LogP) is -0.877. The lowest BCUT2D eigenvalue weighted by molar-refractivity contribution is -0.0547. The molecule has 2 heterocycles. The van der Waals surface area contributed by atoms with Crippen LogP contribution in [-0.2, 0) is 4.74 Å². The van der Waals surface area contributed by atoms with Crippen molar-refractivity contribution in [2.45, 2.75) is 32.6 Å². The number of aliphatic hydroxyl groups excluding tert-OH is 2. The molecule has 3 atom stereocenters. The van der Waals surface area contributed by atoms with Crippen LogP contribution in [-0.4, -0.2) is 39.1 Å². The number of H-pyrrole nitrogens is 1. The van der Waals surface area contributed by atoms with Crippen molar-refractivity contribution in [3.05, 3.63) is 32.6 Å². The fraction of sp³-hybridized carbons (Fsp3) is 0.667. The SMILES string of the molecule is Cc1cc(=O)[nH]c(=O)n1[C@H]1CC(C)(CO)[C@@H](CO)O1. The highest BCUT2D eigenvalue weighted by atomic mass is 16.5. The molecule has 1 fully saturated rings. The van der Waals surface area contributed by atoms with Gasteiger partial charge in [0.1, 0.15) is 6.23 Å². The van der Waals surface area contributed by atoms with Gasteiger partial charge in [-0.2, -0.15) is 0 Å². The lowest BCUT2D eigenvalue weighted by Gasteiger charge is -2.25. The van der Waals surface area contributed by atoms with Crippen LogP contribution in [0.5, 0.6) is 0 Å². The summed E-state index contributed by atoms with van der Waals surface area (Å²) in [7, 11) is 0. The third-order valence-electron chi connectivity index (χ3n) is 3.72. The van der Waals surface area contributed by atoms with E-state index in [1.807, 2.05) is 0 Å². The third-order valence-corrected chi connectivity index (χ3v) is 3.72. The zero-order chi connectivity index (χ0) is 14.2. The van der Waals surface area contributed by atoms with E-state index in [1.54, 1.807) is 13.8 Å². The molecule has 0 spiro atoms. The fourth-order valence-corrected chi connectivity index (χ4v) is 2.49. The number of aromatic amines is 1. The molecule has 1 unspecified atom stereocenters. The Morgan fingerprint density at radius 3 is 2.68 bits per heavy atom. The van der Waals surface area contributed by atoms with Gasteiger partial charge in [-0.3, -0.25) is 14.3 Å². The number of hydrogen-bond acceptors (Lipinski definition) is 5. The van der Waals surface area contributed by atoms with Gasteiger partial charge in [-0.05, 0) is 6.92 Å². The number of aryl methyl sites for hydroxylation is 1. The van der Waals surface area contributed by atoms with Crippen LogP contribution in [0.4, 0.5) is 0 Å². The van der Waals surface area contributed by atoms with Crippen LogP contribution >= 0.6 is 0 Å². The predicted molar refractivity (Wildman–Crippen MR) is 66.9 cm³/mol. The van der Waals surface area contributed by atoms with Crippen molar-refractivity contribution in [1.82, 2.24) is 9.55 Å². The second-order valence-corrected chi connectivity index (χ2v) is 5.23. The number of nitrogens with one attached hydrogen (secondary N) is 1. The Morgan fingerprint density at radius 1 is 1.53 bits per heavy atom. The molecule has 19 heavy (non-hydrogen) atoms. The van der Waals surface area contributed by atoms with E-state index in [0.29, 0.717) is 12.1 Å². The summed E-state index contributed by atoms with van der Waals surface area (Å²) in [4.78, 5) is 25.2. The first-order valence-electron chi connectivity index (χ1n) is 6.11. The molecule has 1 aliphatic heterocycles. The van der Waals surface area contributed by atoms with E-state index in [-0.39, 0.29) is 13.2 Å². The van der Waals surface area contributed by atoms with Crippen molar-refractivity contribution in [2.75, 3.05) is 13.2 Å². The summed E-state index contributed by atoms with van der Waals surface area (Å²) < 4.78 is 6.97. The lowest BCUT2D eigenvalue weighted by atomic mass is 9.84. The minimum absolute atomic E-state index is 0.147. The summed E-state index contributed by atoms with van der Waals surface area (Å²) in [5, 5.41) is 18.7. The van der Waals surface area contributed by atoms with Gasteiger partial charge in [0.2, 0.25) is 0 Å². The van der Waals surface area contributed by atoms with Crippen LogP contribution in [0.25, 0.3) is 0 Å². The zero-order valence-corrected chi connectivity index (χ0v) is 10.9. The summed E-state index contributed by atoms with van der Waals surface area (Å²) in [5.74, 6) is 0. The van der Waals surface area contributed by atoms with Gasteiger partial charge in [-0.25, -0.2) is 4.79 Å². The fourth-order valence-electron chi connectivity index (χ4n) is 2.49. The van der Waals surface area contributed by atoms with E-state index in [1.165, 1.54) is 10.6 Å². The monoisotopic (exact) mass is 270 g/mol. The molecule has 7 nitrogen and oxygen atoms in total. The molecule has 0 saturated carbocycles. The molecule has 1 aromatic heterocycles. The highest BCUT2D eigenvalue weighted by Crippen LogP contribution is 2.42. The van der Waals surface area contributed by atoms with Crippen LogP contribution in [0.15, 0.2) is 15.7 Å². The Morgan fingerprint density at radius 2 is 2.21 bits per heavy atom. The van der Waals surface area contributed by atoms with E-state index in [4.69, 9.17) is 4.74 Å². The largest absolute Gasteiger partial charge is 0.396 e. The summed E-state index contributed by atoms with van der Waals surface area (Å²) in [5.41, 5.74) is -1.13. The molecule has 7 heteroatoms. The highest BCUT2D eigenvalue weighted by molar-refractivity contribution is 5.02. The Bertz CT molecular complexity index is 578. The van der Waals surface area contributed by atoms with Crippen LogP contribution in [0.1, 0.15) is 25.3 Å². The maximum Gasteiger partial charge on any atom is 0.330 e. The molecule has 0 aliphatic carbocycles. The van der Waals surface area contributed by atoms with E-state index < -0.39 is 29.0 Å². The van der Waals surface area contributed by atoms with Gasteiger partial charge >= 0.3 is 5.69 Å². The number of ether oxygens (including phenoxy) is 1. The van der Waals surface area contributed by atoms with Gasteiger partial charge in [0.15, 0.2) is 0 Å². The van der Waals surface area contributed by atoms with Gasteiger partial charge in [0.05, 0.1) is 19.3 Å². The number of aromatic nitrogens is 2. The molecule has 2 rings (SSSR count). The second-order valence-electron chi connectivity index (χ2n) is 5.23. The molecule has 1 aliphatic rings. The quantitative estimate of drug-likeness (QED) is 0.662. The Balaban J connectivity index is 2.41. The number of rotatable bonds is 3. The minimum Gasteiger partial charge on any atom is -0.396 e. The smallest absolute Gasteiger partial charge is 0.330 e. The second kappa shape index (κ2) is 4.92. The molecule has 0 amide bonds. The lowest BCUT2D eigenvalue weighted by Crippen LogP contribution is -2.34. The first kappa shape index (κ1) is 14.0. The van der Waals surface area contributed by atoms with E-state index in [0.717, 1.165) is 0 Å². The van der Waals surface area contributed by atoms with Crippen molar-refractivity contribution in [3.8, 4) is 0 Å². The molecule has 1 saturated heterocycles. The Hall–Kier alpha value is -1.44. The van der Waals surface area contributed by atoms with E-state index in [9.17, 15) is 19.8 Å². The zero-order valence-electron chi connectivity index (χ0n) is 10.9. The van der Waals surface area contributed by atoms with Crippen molar-refractivity contribution in [1.29, 1.82) is 0 Å². The van der Waals surface area contributed by atoms with E-state index in [2.05, 4.69) is 4.98 Å². The molecule has 0 bridgehead atoms. The van der Waals surface area contributed by atoms with Gasteiger partial charge in [-0.1, -0.05) is 6.92 Å². The molecule has 0 radical (unpaired) electrons. The van der Waals surface area contributed by atoms with Crippen molar-refractivity contribution < 1.29 is 14.9 Å². The summed E-state index contributed by atoms with van der Waals surface area (Å²) in [6.07, 6.45) is -0.749. The van der Waals surface area contributed by atoms with Gasteiger partial charge in [0.25, 0.3) is 5.56 Å².